The van der Waals surface area contributed by atoms with Gasteiger partial charge in [0.25, 0.3) is 0 Å². The number of rotatable bonds is 4. The van der Waals surface area contributed by atoms with E-state index in [1.54, 1.807) is 0 Å². The van der Waals surface area contributed by atoms with Crippen molar-refractivity contribution < 1.29 is 0 Å². The Hall–Kier alpha value is 0.530. The normalized spacial score (nSPS) is 11.7. The first-order valence-electron chi connectivity index (χ1n) is 4.48. The highest BCUT2D eigenvalue weighted by atomic mass is 79.9. The molecule has 78 valence electrons. The van der Waals surface area contributed by atoms with Gasteiger partial charge in [0.1, 0.15) is 0 Å². The average Bonchev–Trinajstić information content (AvgIpc) is 2.17. The second kappa shape index (κ2) is 5.57. The molecule has 0 radical (unpaired) electrons. The Balaban J connectivity index is 2.50. The van der Waals surface area contributed by atoms with Gasteiger partial charge in [-0.15, -0.1) is 11.8 Å². The zero-order valence-electron chi connectivity index (χ0n) is 8.39. The molecule has 0 aliphatic heterocycles. The molecule has 0 N–H and O–H groups in total. The lowest BCUT2D eigenvalue weighted by Gasteiger charge is -2.20. The van der Waals surface area contributed by atoms with E-state index in [-0.39, 0.29) is 0 Å². The quantitative estimate of drug-likeness (QED) is 0.552. The third-order valence-corrected chi connectivity index (χ3v) is 5.38. The molecule has 1 rings (SSSR count). The fourth-order valence-electron chi connectivity index (χ4n) is 0.848. The maximum atomic E-state index is 3.54. The van der Waals surface area contributed by atoms with Crippen molar-refractivity contribution in [2.24, 2.45) is 5.41 Å². The summed E-state index contributed by atoms with van der Waals surface area (Å²) in [4.78, 5) is 1.34. The van der Waals surface area contributed by atoms with Crippen LogP contribution < -0.4 is 0 Å². The first kappa shape index (κ1) is 12.6. The molecule has 0 aliphatic carbocycles. The van der Waals surface area contributed by atoms with Crippen molar-refractivity contribution in [2.75, 3.05) is 11.1 Å². The zero-order valence-corrected chi connectivity index (χ0v) is 12.4. The number of thioether (sulfide) groups is 1. The molecule has 0 saturated heterocycles. The van der Waals surface area contributed by atoms with Crippen molar-refractivity contribution in [1.29, 1.82) is 0 Å². The zero-order chi connectivity index (χ0) is 10.6. The van der Waals surface area contributed by atoms with Crippen molar-refractivity contribution >= 4 is 43.6 Å². The van der Waals surface area contributed by atoms with Gasteiger partial charge in [-0.1, -0.05) is 45.7 Å². The summed E-state index contributed by atoms with van der Waals surface area (Å²) in [5.41, 5.74) is 0.359. The predicted molar refractivity (Wildman–Crippen MR) is 72.4 cm³/mol. The Morgan fingerprint density at radius 1 is 1.21 bits per heavy atom. The Morgan fingerprint density at radius 2 is 1.79 bits per heavy atom. The highest BCUT2D eigenvalue weighted by molar-refractivity contribution is 9.10. The standard InChI is InChI=1S/C11H14Br2S/c1-11(2,7-12)8-14-10-5-3-9(13)4-6-10/h3-6H,7-8H2,1-2H3. The largest absolute Gasteiger partial charge is 0.126 e. The molecule has 0 amide bonds. The number of halogens is 2. The van der Waals surface area contributed by atoms with Gasteiger partial charge in [-0.3, -0.25) is 0 Å². The summed E-state index contributed by atoms with van der Waals surface area (Å²) in [7, 11) is 0. The van der Waals surface area contributed by atoms with Crippen LogP contribution in [-0.2, 0) is 0 Å². The number of hydrogen-bond donors (Lipinski definition) is 0. The van der Waals surface area contributed by atoms with Crippen LogP contribution in [0.2, 0.25) is 0 Å². The van der Waals surface area contributed by atoms with Crippen LogP contribution in [0.25, 0.3) is 0 Å². The van der Waals surface area contributed by atoms with Crippen molar-refractivity contribution in [2.45, 2.75) is 18.7 Å². The Kier molecular flexibility index (Phi) is 5.01. The number of benzene rings is 1. The second-order valence-electron chi connectivity index (χ2n) is 4.04. The smallest absolute Gasteiger partial charge is 0.0176 e. The lowest BCUT2D eigenvalue weighted by molar-refractivity contribution is 0.496. The third kappa shape index (κ3) is 4.37. The number of alkyl halides is 1. The van der Waals surface area contributed by atoms with Crippen molar-refractivity contribution in [3.8, 4) is 0 Å². The van der Waals surface area contributed by atoms with Crippen LogP contribution in [0.3, 0.4) is 0 Å². The van der Waals surface area contributed by atoms with Crippen molar-refractivity contribution in [3.63, 3.8) is 0 Å². The molecule has 0 saturated carbocycles. The first-order chi connectivity index (χ1) is 6.53. The minimum absolute atomic E-state index is 0.359. The van der Waals surface area contributed by atoms with E-state index >= 15 is 0 Å². The minimum Gasteiger partial charge on any atom is -0.126 e. The van der Waals surface area contributed by atoms with Gasteiger partial charge in [-0.2, -0.15) is 0 Å². The van der Waals surface area contributed by atoms with E-state index in [1.165, 1.54) is 4.90 Å². The summed E-state index contributed by atoms with van der Waals surface area (Å²) in [6.07, 6.45) is 0. The van der Waals surface area contributed by atoms with E-state index in [9.17, 15) is 0 Å². The fourth-order valence-corrected chi connectivity index (χ4v) is 2.56. The fraction of sp³-hybridized carbons (Fsp3) is 0.455. The maximum Gasteiger partial charge on any atom is 0.0176 e. The highest BCUT2D eigenvalue weighted by Crippen LogP contribution is 2.29. The third-order valence-electron chi connectivity index (χ3n) is 1.80. The van der Waals surface area contributed by atoms with Gasteiger partial charge in [0, 0.05) is 20.5 Å². The van der Waals surface area contributed by atoms with Crippen LogP contribution in [0.4, 0.5) is 0 Å². The molecule has 1 aromatic carbocycles. The van der Waals surface area contributed by atoms with E-state index in [0.29, 0.717) is 5.41 Å². The summed E-state index contributed by atoms with van der Waals surface area (Å²) in [5.74, 6) is 1.14. The van der Waals surface area contributed by atoms with Crippen LogP contribution in [-0.4, -0.2) is 11.1 Å². The maximum absolute atomic E-state index is 3.54. The molecule has 1 aromatic rings. The highest BCUT2D eigenvalue weighted by Gasteiger charge is 2.15. The number of hydrogen-bond acceptors (Lipinski definition) is 1. The average molecular weight is 338 g/mol. The van der Waals surface area contributed by atoms with Gasteiger partial charge < -0.3 is 0 Å². The van der Waals surface area contributed by atoms with Gasteiger partial charge in [0.2, 0.25) is 0 Å². The molecule has 0 fully saturated rings. The second-order valence-corrected chi connectivity index (χ2v) is 6.57. The topological polar surface area (TPSA) is 0 Å². The summed E-state index contributed by atoms with van der Waals surface area (Å²) in [5, 5.41) is 1.05. The van der Waals surface area contributed by atoms with Crippen molar-refractivity contribution in [1.82, 2.24) is 0 Å². The minimum atomic E-state index is 0.359. The Labute approximate surface area is 107 Å². The van der Waals surface area contributed by atoms with Crippen LogP contribution in [0.5, 0.6) is 0 Å². The SMILES string of the molecule is CC(C)(CBr)CSc1ccc(Br)cc1. The summed E-state index contributed by atoms with van der Waals surface area (Å²) >= 11 is 8.88. The van der Waals surface area contributed by atoms with Crippen LogP contribution in [0, 0.1) is 5.41 Å². The molecule has 3 heteroatoms. The van der Waals surface area contributed by atoms with E-state index in [1.807, 2.05) is 11.8 Å². The lowest BCUT2D eigenvalue weighted by atomic mass is 10.0. The van der Waals surface area contributed by atoms with Gasteiger partial charge in [-0.25, -0.2) is 0 Å². The van der Waals surface area contributed by atoms with Gasteiger partial charge in [0.05, 0.1) is 0 Å². The van der Waals surface area contributed by atoms with Crippen LogP contribution >= 0.6 is 43.6 Å². The molecule has 0 nitrogen and oxygen atoms in total. The van der Waals surface area contributed by atoms with Crippen molar-refractivity contribution in [3.05, 3.63) is 28.7 Å². The first-order valence-corrected chi connectivity index (χ1v) is 7.38. The monoisotopic (exact) mass is 336 g/mol. The Bertz CT molecular complexity index is 280. The molecule has 0 bridgehead atoms. The molecule has 0 spiro atoms. The summed E-state index contributed by atoms with van der Waals surface area (Å²) < 4.78 is 1.14. The predicted octanol–water partition coefficient (Wildman–Crippen LogP) is 4.96. The van der Waals surface area contributed by atoms with Gasteiger partial charge in [-0.05, 0) is 29.7 Å². The summed E-state index contributed by atoms with van der Waals surface area (Å²) in [6.45, 7) is 4.54. The molecule has 0 atom stereocenters. The van der Waals surface area contributed by atoms with Gasteiger partial charge >= 0.3 is 0 Å². The molecule has 0 aromatic heterocycles. The van der Waals surface area contributed by atoms with E-state index in [2.05, 4.69) is 70.0 Å². The molecular weight excluding hydrogens is 324 g/mol. The molecule has 0 unspecified atom stereocenters. The van der Waals surface area contributed by atoms with Crippen LogP contribution in [0.1, 0.15) is 13.8 Å². The van der Waals surface area contributed by atoms with E-state index in [0.717, 1.165) is 15.6 Å². The molecule has 0 aliphatic rings. The molecular formula is C11H14Br2S. The molecule has 0 heterocycles. The molecule has 14 heavy (non-hydrogen) atoms. The lowest BCUT2D eigenvalue weighted by Crippen LogP contribution is -2.15. The van der Waals surface area contributed by atoms with E-state index in [4.69, 9.17) is 0 Å². The van der Waals surface area contributed by atoms with E-state index < -0.39 is 0 Å². The Morgan fingerprint density at radius 3 is 2.29 bits per heavy atom. The summed E-state index contributed by atoms with van der Waals surface area (Å²) in [6, 6.07) is 8.48. The van der Waals surface area contributed by atoms with Gasteiger partial charge in [0.15, 0.2) is 0 Å². The van der Waals surface area contributed by atoms with Crippen LogP contribution in [0.15, 0.2) is 33.6 Å².